The monoisotopic (exact) mass is 481 g/mol. The Bertz CT molecular complexity index is 879. The maximum atomic E-state index is 12.3. The van der Waals surface area contributed by atoms with E-state index in [1.165, 1.54) is 0 Å². The molecular formula is C16H21BrClNO5SSi. The Morgan fingerprint density at radius 2 is 1.96 bits per heavy atom. The molecule has 0 atom stereocenters. The topological polar surface area (TPSA) is 88.8 Å². The molecule has 6 nitrogen and oxygen atoms in total. The van der Waals surface area contributed by atoms with E-state index in [9.17, 15) is 13.5 Å². The largest absolute Gasteiger partial charge is 0.538 e. The predicted molar refractivity (Wildman–Crippen MR) is 111 cm³/mol. The van der Waals surface area contributed by atoms with Crippen LogP contribution in [0.25, 0.3) is 11.3 Å². The van der Waals surface area contributed by atoms with Gasteiger partial charge in [-0.1, -0.05) is 39.7 Å². The lowest BCUT2D eigenvalue weighted by atomic mass is 10.1. The third kappa shape index (κ3) is 5.42. The summed E-state index contributed by atoms with van der Waals surface area (Å²) < 4.78 is 38.4. The molecule has 2 aromatic rings. The van der Waals surface area contributed by atoms with Crippen molar-refractivity contribution >= 4 is 51.8 Å². The molecule has 0 aliphatic heterocycles. The molecule has 144 valence electrons. The number of anilines is 1. The number of rotatable bonds is 8. The van der Waals surface area contributed by atoms with Crippen LogP contribution in [0.5, 0.6) is 11.5 Å². The Morgan fingerprint density at radius 3 is 2.54 bits per heavy atom. The van der Waals surface area contributed by atoms with Gasteiger partial charge in [0.05, 0.1) is 10.8 Å². The van der Waals surface area contributed by atoms with E-state index in [-0.39, 0.29) is 28.9 Å². The quantitative estimate of drug-likeness (QED) is 0.406. The lowest BCUT2D eigenvalue weighted by Crippen LogP contribution is -2.29. The van der Waals surface area contributed by atoms with Crippen molar-refractivity contribution in [2.75, 3.05) is 15.8 Å². The van der Waals surface area contributed by atoms with Gasteiger partial charge in [0.2, 0.25) is 29.8 Å². The summed E-state index contributed by atoms with van der Waals surface area (Å²) in [5.74, 6) is -0.468. The number of sulfonamides is 1. The molecule has 0 spiro atoms. The van der Waals surface area contributed by atoms with Gasteiger partial charge in [0, 0.05) is 10.9 Å². The van der Waals surface area contributed by atoms with Crippen molar-refractivity contribution in [2.24, 2.45) is 0 Å². The number of hydrogen-bond acceptors (Lipinski definition) is 5. The first-order chi connectivity index (χ1) is 12.0. The maximum absolute atomic E-state index is 12.3. The van der Waals surface area contributed by atoms with Gasteiger partial charge in [-0.15, -0.1) is 0 Å². The van der Waals surface area contributed by atoms with Gasteiger partial charge in [-0.2, -0.15) is 0 Å². The number of benzene rings is 1. The molecular weight excluding hydrogens is 462 g/mol. The lowest BCUT2D eigenvalue weighted by molar-refractivity contribution is 0.440. The molecule has 0 saturated carbocycles. The van der Waals surface area contributed by atoms with Crippen LogP contribution in [0.3, 0.4) is 0 Å². The van der Waals surface area contributed by atoms with Crippen molar-refractivity contribution < 1.29 is 22.4 Å². The van der Waals surface area contributed by atoms with E-state index < -0.39 is 18.3 Å². The maximum Gasteiger partial charge on any atom is 0.252 e. The molecule has 2 rings (SSSR count). The van der Waals surface area contributed by atoms with E-state index in [4.69, 9.17) is 20.4 Å². The molecule has 0 amide bonds. The molecule has 0 aliphatic carbocycles. The van der Waals surface area contributed by atoms with Crippen LogP contribution in [0.2, 0.25) is 24.7 Å². The zero-order valence-corrected chi connectivity index (χ0v) is 18.8. The van der Waals surface area contributed by atoms with Gasteiger partial charge in [-0.05, 0) is 38.2 Å². The van der Waals surface area contributed by atoms with Crippen LogP contribution in [0.4, 0.5) is 5.88 Å². The summed E-state index contributed by atoms with van der Waals surface area (Å²) in [7, 11) is -5.81. The van der Waals surface area contributed by atoms with Gasteiger partial charge in [0.25, 0.3) is 5.88 Å². The van der Waals surface area contributed by atoms with Crippen LogP contribution in [0.1, 0.15) is 6.42 Å². The van der Waals surface area contributed by atoms with E-state index in [1.54, 1.807) is 24.3 Å². The lowest BCUT2D eigenvalue weighted by Gasteiger charge is -2.19. The van der Waals surface area contributed by atoms with E-state index in [1.807, 2.05) is 19.6 Å². The van der Waals surface area contributed by atoms with Crippen LogP contribution in [-0.4, -0.2) is 32.9 Å². The first-order valence-corrected chi connectivity index (χ1v) is 14.5. The summed E-state index contributed by atoms with van der Waals surface area (Å²) >= 11 is 9.39. The van der Waals surface area contributed by atoms with Crippen molar-refractivity contribution in [1.29, 1.82) is 0 Å². The van der Waals surface area contributed by atoms with Crippen molar-refractivity contribution in [3.8, 4) is 22.8 Å². The summed E-state index contributed by atoms with van der Waals surface area (Å²) in [6, 6.07) is 6.80. The van der Waals surface area contributed by atoms with Gasteiger partial charge in [-0.25, -0.2) is 13.1 Å². The average molecular weight is 483 g/mol. The Labute approximate surface area is 167 Å². The van der Waals surface area contributed by atoms with Crippen LogP contribution in [0.15, 0.2) is 28.7 Å². The first kappa shape index (κ1) is 21.1. The Morgan fingerprint density at radius 1 is 1.31 bits per heavy atom. The number of nitrogens with one attached hydrogen (secondary N) is 1. The second kappa shape index (κ2) is 8.24. The molecule has 0 radical (unpaired) electrons. The smallest absolute Gasteiger partial charge is 0.252 e. The highest BCUT2D eigenvalue weighted by atomic mass is 79.9. The fourth-order valence-corrected chi connectivity index (χ4v) is 4.86. The minimum atomic E-state index is -3.65. The highest BCUT2D eigenvalue weighted by Crippen LogP contribution is 2.48. The van der Waals surface area contributed by atoms with Gasteiger partial charge in [0.1, 0.15) is 0 Å². The standard InChI is InChI=1S/C16H21BrClNO5SSi/c1-26(2,3)24-15-13(20)14(11-7-4-5-8-12(11)18)23-16(15)19-25(21,22)10-6-9-17/h4-5,7-8,19-20H,6,9-10H2,1-3H3. The molecule has 0 saturated heterocycles. The summed E-state index contributed by atoms with van der Waals surface area (Å²) in [6.45, 7) is 5.74. The highest BCUT2D eigenvalue weighted by Gasteiger charge is 2.30. The van der Waals surface area contributed by atoms with E-state index in [0.29, 0.717) is 22.3 Å². The molecule has 1 aromatic carbocycles. The number of alkyl halides is 1. The molecule has 1 heterocycles. The first-order valence-electron chi connectivity index (χ1n) is 7.90. The minimum absolute atomic E-state index is 0.0125. The third-order valence-corrected chi connectivity index (χ3v) is 6.19. The number of hydrogen-bond donors (Lipinski definition) is 2. The van der Waals surface area contributed by atoms with Crippen LogP contribution < -0.4 is 9.15 Å². The molecule has 26 heavy (non-hydrogen) atoms. The van der Waals surface area contributed by atoms with E-state index in [2.05, 4.69) is 20.7 Å². The van der Waals surface area contributed by atoms with Crippen molar-refractivity contribution in [3.63, 3.8) is 0 Å². The molecule has 0 unspecified atom stereocenters. The van der Waals surface area contributed by atoms with Crippen molar-refractivity contribution in [1.82, 2.24) is 0 Å². The molecule has 10 heteroatoms. The predicted octanol–water partition coefficient (Wildman–Crippen LogP) is 5.05. The molecule has 0 bridgehead atoms. The third-order valence-electron chi connectivity index (χ3n) is 3.16. The van der Waals surface area contributed by atoms with Gasteiger partial charge in [-0.3, -0.25) is 0 Å². The Balaban J connectivity index is 2.52. The minimum Gasteiger partial charge on any atom is -0.538 e. The van der Waals surface area contributed by atoms with Gasteiger partial charge in [0.15, 0.2) is 5.76 Å². The van der Waals surface area contributed by atoms with Gasteiger partial charge < -0.3 is 13.9 Å². The normalized spacial score (nSPS) is 12.2. The average Bonchev–Trinajstić information content (AvgIpc) is 2.80. The summed E-state index contributed by atoms with van der Waals surface area (Å²) in [6.07, 6.45) is 0.434. The van der Waals surface area contributed by atoms with E-state index in [0.717, 1.165) is 0 Å². The zero-order chi connectivity index (χ0) is 19.5. The number of furan rings is 1. The number of halogens is 2. The summed E-state index contributed by atoms with van der Waals surface area (Å²) in [4.78, 5) is 0. The number of aromatic hydroxyl groups is 1. The fourth-order valence-electron chi connectivity index (χ4n) is 2.14. The van der Waals surface area contributed by atoms with Crippen molar-refractivity contribution in [2.45, 2.75) is 26.1 Å². The van der Waals surface area contributed by atoms with Crippen LogP contribution >= 0.6 is 27.5 Å². The van der Waals surface area contributed by atoms with Crippen molar-refractivity contribution in [3.05, 3.63) is 29.3 Å². The van der Waals surface area contributed by atoms with Crippen LogP contribution in [-0.2, 0) is 10.0 Å². The Kier molecular flexibility index (Phi) is 6.70. The molecule has 2 N–H and O–H groups in total. The van der Waals surface area contributed by atoms with Crippen LogP contribution in [0, 0.1) is 0 Å². The van der Waals surface area contributed by atoms with Gasteiger partial charge >= 0.3 is 0 Å². The van der Waals surface area contributed by atoms with E-state index >= 15 is 0 Å². The highest BCUT2D eigenvalue weighted by molar-refractivity contribution is 9.09. The second-order valence-electron chi connectivity index (χ2n) is 6.60. The molecule has 0 aliphatic rings. The molecule has 1 aromatic heterocycles. The summed E-state index contributed by atoms with van der Waals surface area (Å²) in [5, 5.41) is 11.5. The summed E-state index contributed by atoms with van der Waals surface area (Å²) in [5.41, 5.74) is 0.443. The Hall–Kier alpha value is -1.16. The SMILES string of the molecule is C[Si](C)(C)Oc1c(NS(=O)(=O)CCCBr)oc(-c2ccccc2Cl)c1O. The second-order valence-corrected chi connectivity index (χ2v) is 14.1. The molecule has 0 fully saturated rings. The fraction of sp³-hybridized carbons (Fsp3) is 0.375. The zero-order valence-electron chi connectivity index (χ0n) is 14.7.